The third-order valence-corrected chi connectivity index (χ3v) is 5.96. The van der Waals surface area contributed by atoms with Crippen LogP contribution in [-0.4, -0.2) is 22.4 Å². The summed E-state index contributed by atoms with van der Waals surface area (Å²) in [5.41, 5.74) is 3.55. The van der Waals surface area contributed by atoms with Crippen molar-refractivity contribution in [2.75, 3.05) is 11.4 Å². The van der Waals surface area contributed by atoms with Crippen molar-refractivity contribution in [2.45, 2.75) is 19.5 Å². The first-order valence-electron chi connectivity index (χ1n) is 10.3. The molecule has 1 N–H and O–H groups in total. The molecule has 0 radical (unpaired) electrons. The zero-order valence-corrected chi connectivity index (χ0v) is 18.4. The van der Waals surface area contributed by atoms with Crippen LogP contribution in [0.15, 0.2) is 84.5 Å². The van der Waals surface area contributed by atoms with Gasteiger partial charge in [-0.2, -0.15) is 0 Å². The summed E-state index contributed by atoms with van der Waals surface area (Å²) >= 11 is 1.40. The number of nitrogens with one attached hydrogen (secondary N) is 1. The normalized spacial score (nSPS) is 11.8. The average molecular weight is 447 g/mol. The van der Waals surface area contributed by atoms with E-state index in [1.54, 1.807) is 29.4 Å². The first-order valence-corrected chi connectivity index (χ1v) is 11.2. The number of rotatable bonds is 8. The van der Waals surface area contributed by atoms with Crippen molar-refractivity contribution in [1.29, 1.82) is 0 Å². The monoisotopic (exact) mass is 446 g/mol. The van der Waals surface area contributed by atoms with Crippen LogP contribution in [-0.2, 0) is 11.3 Å². The van der Waals surface area contributed by atoms with Crippen molar-refractivity contribution < 1.29 is 9.18 Å². The lowest BCUT2D eigenvalue weighted by Crippen LogP contribution is -2.38. The first kappa shape index (κ1) is 21.8. The van der Waals surface area contributed by atoms with Crippen molar-refractivity contribution >= 4 is 22.4 Å². The van der Waals surface area contributed by atoms with E-state index < -0.39 is 0 Å². The van der Waals surface area contributed by atoms with Gasteiger partial charge < -0.3 is 5.32 Å². The lowest BCUT2D eigenvalue weighted by molar-refractivity contribution is -0.118. The topological polar surface area (TPSA) is 58.1 Å². The predicted octanol–water partition coefficient (Wildman–Crippen LogP) is 5.23. The minimum Gasteiger partial charge on any atom is -0.302 e. The van der Waals surface area contributed by atoms with E-state index >= 15 is 0 Å². The number of thiazole rings is 1. The second-order valence-electron chi connectivity index (χ2n) is 7.38. The number of pyridine rings is 1. The number of anilines is 1. The van der Waals surface area contributed by atoms with Crippen LogP contribution in [0.25, 0.3) is 11.3 Å². The molecule has 0 aliphatic heterocycles. The largest absolute Gasteiger partial charge is 0.302 e. The molecular formula is C25H23FN4OS. The van der Waals surface area contributed by atoms with E-state index in [0.717, 1.165) is 16.7 Å². The van der Waals surface area contributed by atoms with Crippen molar-refractivity contribution in [2.24, 2.45) is 0 Å². The molecule has 1 amide bonds. The van der Waals surface area contributed by atoms with Gasteiger partial charge in [-0.3, -0.25) is 14.7 Å². The Balaban J connectivity index is 1.53. The summed E-state index contributed by atoms with van der Waals surface area (Å²) in [5, 5.41) is 5.78. The molecule has 2 aromatic heterocycles. The molecule has 1 unspecified atom stereocenters. The fourth-order valence-corrected chi connectivity index (χ4v) is 4.11. The second kappa shape index (κ2) is 10.3. The van der Waals surface area contributed by atoms with Crippen molar-refractivity contribution in [3.05, 3.63) is 101 Å². The molecule has 0 spiro atoms. The number of aromatic nitrogens is 2. The summed E-state index contributed by atoms with van der Waals surface area (Å²) < 4.78 is 13.3. The van der Waals surface area contributed by atoms with E-state index in [1.807, 2.05) is 54.8 Å². The number of halogens is 1. The second-order valence-corrected chi connectivity index (χ2v) is 8.21. The molecule has 2 heterocycles. The molecule has 7 heteroatoms. The van der Waals surface area contributed by atoms with Crippen molar-refractivity contribution in [3.63, 3.8) is 0 Å². The predicted molar refractivity (Wildman–Crippen MR) is 126 cm³/mol. The molecule has 5 nitrogen and oxygen atoms in total. The van der Waals surface area contributed by atoms with Crippen LogP contribution in [0.1, 0.15) is 24.1 Å². The van der Waals surface area contributed by atoms with Gasteiger partial charge in [0.05, 0.1) is 18.8 Å². The lowest BCUT2D eigenvalue weighted by Gasteiger charge is -2.22. The molecule has 0 aliphatic carbocycles. The number of benzene rings is 2. The molecular weight excluding hydrogens is 423 g/mol. The fraction of sp³-hybridized carbons (Fsp3) is 0.160. The Bertz CT molecular complexity index is 1150. The molecule has 1 atom stereocenters. The van der Waals surface area contributed by atoms with Gasteiger partial charge >= 0.3 is 0 Å². The Kier molecular flexibility index (Phi) is 6.99. The third-order valence-electron chi connectivity index (χ3n) is 5.09. The van der Waals surface area contributed by atoms with E-state index in [0.29, 0.717) is 17.4 Å². The zero-order valence-electron chi connectivity index (χ0n) is 17.6. The number of carbonyl (C=O) groups is 1. The van der Waals surface area contributed by atoms with Gasteiger partial charge in [-0.25, -0.2) is 9.37 Å². The highest BCUT2D eigenvalue weighted by Crippen LogP contribution is 2.29. The maximum absolute atomic E-state index is 13.3. The quantitative estimate of drug-likeness (QED) is 0.403. The van der Waals surface area contributed by atoms with Crippen LogP contribution in [0.4, 0.5) is 9.52 Å². The van der Waals surface area contributed by atoms with E-state index in [9.17, 15) is 9.18 Å². The fourth-order valence-electron chi connectivity index (χ4n) is 3.26. The zero-order chi connectivity index (χ0) is 22.3. The SMILES string of the molecule is CC(NCC(=O)N(Cc1ccccc1)c1nc(-c2ccc(F)cc2)cs1)c1cccnc1. The van der Waals surface area contributed by atoms with Gasteiger partial charge in [-0.15, -0.1) is 11.3 Å². The molecule has 0 aliphatic rings. The number of carbonyl (C=O) groups excluding carboxylic acids is 1. The van der Waals surface area contributed by atoms with Crippen LogP contribution in [0.5, 0.6) is 0 Å². The smallest absolute Gasteiger partial charge is 0.243 e. The lowest BCUT2D eigenvalue weighted by atomic mass is 10.1. The minimum atomic E-state index is -0.293. The minimum absolute atomic E-state index is 0.0164. The van der Waals surface area contributed by atoms with E-state index in [2.05, 4.69) is 15.3 Å². The molecule has 0 fully saturated rings. The van der Waals surface area contributed by atoms with E-state index in [1.165, 1.54) is 23.5 Å². The molecule has 0 saturated carbocycles. The Morgan fingerprint density at radius 2 is 1.88 bits per heavy atom. The molecule has 32 heavy (non-hydrogen) atoms. The van der Waals surface area contributed by atoms with Crippen LogP contribution >= 0.6 is 11.3 Å². The number of nitrogens with zero attached hydrogens (tertiary/aromatic N) is 3. The number of amides is 1. The third kappa shape index (κ3) is 5.43. The van der Waals surface area contributed by atoms with Gasteiger partial charge in [0.1, 0.15) is 5.82 Å². The van der Waals surface area contributed by atoms with Crippen LogP contribution < -0.4 is 10.2 Å². The summed E-state index contributed by atoms with van der Waals surface area (Å²) in [4.78, 5) is 23.7. The molecule has 162 valence electrons. The molecule has 0 saturated heterocycles. The maximum Gasteiger partial charge on any atom is 0.243 e. The van der Waals surface area contributed by atoms with E-state index in [-0.39, 0.29) is 24.3 Å². The molecule has 2 aromatic carbocycles. The maximum atomic E-state index is 13.3. The Morgan fingerprint density at radius 1 is 1.09 bits per heavy atom. The highest BCUT2D eigenvalue weighted by atomic mass is 32.1. The summed E-state index contributed by atoms with van der Waals surface area (Å²) in [6.07, 6.45) is 3.52. The van der Waals surface area contributed by atoms with Crippen molar-refractivity contribution in [1.82, 2.24) is 15.3 Å². The molecule has 4 rings (SSSR count). The van der Waals surface area contributed by atoms with Gasteiger partial charge in [0.25, 0.3) is 0 Å². The molecule has 0 bridgehead atoms. The molecule has 4 aromatic rings. The summed E-state index contributed by atoms with van der Waals surface area (Å²) in [7, 11) is 0. The summed E-state index contributed by atoms with van der Waals surface area (Å²) in [5.74, 6) is -0.372. The van der Waals surface area contributed by atoms with Gasteiger partial charge in [-0.1, -0.05) is 36.4 Å². The Morgan fingerprint density at radius 3 is 2.59 bits per heavy atom. The number of hydrogen-bond donors (Lipinski definition) is 1. The highest BCUT2D eigenvalue weighted by molar-refractivity contribution is 7.14. The van der Waals surface area contributed by atoms with Gasteiger partial charge in [0.15, 0.2) is 5.13 Å². The van der Waals surface area contributed by atoms with Crippen LogP contribution in [0.3, 0.4) is 0 Å². The highest BCUT2D eigenvalue weighted by Gasteiger charge is 2.21. The van der Waals surface area contributed by atoms with Crippen LogP contribution in [0, 0.1) is 5.82 Å². The Labute approximate surface area is 190 Å². The van der Waals surface area contributed by atoms with Gasteiger partial charge in [0, 0.05) is 29.4 Å². The first-order chi connectivity index (χ1) is 15.6. The van der Waals surface area contributed by atoms with Crippen LogP contribution in [0.2, 0.25) is 0 Å². The summed E-state index contributed by atoms with van der Waals surface area (Å²) in [6, 6.07) is 19.9. The van der Waals surface area contributed by atoms with Gasteiger partial charge in [0.2, 0.25) is 5.91 Å². The van der Waals surface area contributed by atoms with Crippen molar-refractivity contribution in [3.8, 4) is 11.3 Å². The van der Waals surface area contributed by atoms with Gasteiger partial charge in [-0.05, 0) is 48.4 Å². The van der Waals surface area contributed by atoms with E-state index in [4.69, 9.17) is 0 Å². The average Bonchev–Trinajstić information content (AvgIpc) is 3.32. The standard InChI is InChI=1S/C25H23FN4OS/c1-18(21-8-5-13-27-14-21)28-15-24(31)30(16-19-6-3-2-4-7-19)25-29-23(17-32-25)20-9-11-22(26)12-10-20/h2-14,17-18,28H,15-16H2,1H3. The number of hydrogen-bond acceptors (Lipinski definition) is 5. The summed E-state index contributed by atoms with van der Waals surface area (Å²) in [6.45, 7) is 2.58. The Hall–Kier alpha value is -3.42.